The summed E-state index contributed by atoms with van der Waals surface area (Å²) in [5.41, 5.74) is 6.46. The van der Waals surface area contributed by atoms with Crippen LogP contribution in [0.2, 0.25) is 10.0 Å². The number of nitrogens with two attached hydrogens (primary N) is 1. The number of aromatic amines is 1. The van der Waals surface area contributed by atoms with Gasteiger partial charge in [-0.3, -0.25) is 9.89 Å². The Labute approximate surface area is 107 Å². The molecule has 4 N–H and O–H groups in total. The Morgan fingerprint density at radius 3 is 2.76 bits per heavy atom. The molecule has 0 saturated carbocycles. The summed E-state index contributed by atoms with van der Waals surface area (Å²) in [7, 11) is 0. The largest absolute Gasteiger partial charge is 0.396 e. The zero-order chi connectivity index (χ0) is 12.4. The molecule has 0 saturated heterocycles. The van der Waals surface area contributed by atoms with Crippen molar-refractivity contribution in [1.29, 1.82) is 0 Å². The molecule has 0 aliphatic rings. The monoisotopic (exact) mass is 270 g/mol. The van der Waals surface area contributed by atoms with E-state index in [1.54, 1.807) is 12.1 Å². The van der Waals surface area contributed by atoms with Crippen LogP contribution in [0.4, 0.5) is 11.4 Å². The molecule has 0 atom stereocenters. The number of aromatic nitrogens is 2. The number of amides is 1. The Balaban J connectivity index is 2.22. The van der Waals surface area contributed by atoms with Crippen LogP contribution in [0.3, 0.4) is 0 Å². The van der Waals surface area contributed by atoms with Crippen molar-refractivity contribution in [2.24, 2.45) is 0 Å². The third-order valence-corrected chi connectivity index (χ3v) is 2.62. The van der Waals surface area contributed by atoms with Gasteiger partial charge in [-0.05, 0) is 18.2 Å². The van der Waals surface area contributed by atoms with Gasteiger partial charge in [-0.25, -0.2) is 0 Å². The van der Waals surface area contributed by atoms with Crippen LogP contribution in [-0.2, 0) is 0 Å². The lowest BCUT2D eigenvalue weighted by Gasteiger charge is -2.06. The SMILES string of the molecule is Nc1cn[nH]c1C(=O)Nc1ccc(Cl)cc1Cl. The zero-order valence-electron chi connectivity index (χ0n) is 8.50. The number of halogens is 2. The standard InChI is InChI=1S/C10H8Cl2N4O/c11-5-1-2-8(6(12)3-5)15-10(17)9-7(13)4-14-16-9/h1-4H,13H2,(H,14,16)(H,15,17). The highest BCUT2D eigenvalue weighted by Gasteiger charge is 2.13. The molecule has 1 aromatic heterocycles. The van der Waals surface area contributed by atoms with Crippen molar-refractivity contribution in [2.45, 2.75) is 0 Å². The van der Waals surface area contributed by atoms with Gasteiger partial charge in [0, 0.05) is 5.02 Å². The molecule has 7 heteroatoms. The van der Waals surface area contributed by atoms with Gasteiger partial charge in [0.05, 0.1) is 22.6 Å². The van der Waals surface area contributed by atoms with Crippen molar-refractivity contribution < 1.29 is 4.79 Å². The normalized spacial score (nSPS) is 10.2. The second-order valence-electron chi connectivity index (χ2n) is 3.28. The number of hydrogen-bond acceptors (Lipinski definition) is 3. The van der Waals surface area contributed by atoms with Crippen molar-refractivity contribution in [1.82, 2.24) is 10.2 Å². The topological polar surface area (TPSA) is 83.8 Å². The maximum absolute atomic E-state index is 11.8. The van der Waals surface area contributed by atoms with Crippen LogP contribution >= 0.6 is 23.2 Å². The number of H-pyrrole nitrogens is 1. The first-order valence-electron chi connectivity index (χ1n) is 4.63. The summed E-state index contributed by atoms with van der Waals surface area (Å²) in [5.74, 6) is -0.413. The number of nitrogens with zero attached hydrogens (tertiary/aromatic N) is 1. The summed E-state index contributed by atoms with van der Waals surface area (Å²) >= 11 is 11.7. The number of carbonyl (C=O) groups excluding carboxylic acids is 1. The van der Waals surface area contributed by atoms with Crippen molar-refractivity contribution >= 4 is 40.5 Å². The third-order valence-electron chi connectivity index (χ3n) is 2.08. The Morgan fingerprint density at radius 2 is 2.18 bits per heavy atom. The van der Waals surface area contributed by atoms with E-state index < -0.39 is 5.91 Å². The molecule has 0 aliphatic carbocycles. The fourth-order valence-electron chi connectivity index (χ4n) is 1.25. The molecule has 0 spiro atoms. The lowest BCUT2D eigenvalue weighted by atomic mass is 10.3. The first-order valence-corrected chi connectivity index (χ1v) is 5.39. The lowest BCUT2D eigenvalue weighted by molar-refractivity contribution is 0.102. The fraction of sp³-hybridized carbons (Fsp3) is 0. The molecule has 5 nitrogen and oxygen atoms in total. The van der Waals surface area contributed by atoms with Crippen LogP contribution in [0.5, 0.6) is 0 Å². The molecule has 0 aliphatic heterocycles. The predicted octanol–water partition coefficient (Wildman–Crippen LogP) is 2.55. The molecular formula is C10H8Cl2N4O. The minimum absolute atomic E-state index is 0.191. The number of nitrogens with one attached hydrogen (secondary N) is 2. The zero-order valence-corrected chi connectivity index (χ0v) is 10.0. The molecule has 17 heavy (non-hydrogen) atoms. The van der Waals surface area contributed by atoms with Crippen LogP contribution in [-0.4, -0.2) is 16.1 Å². The number of nitrogen functional groups attached to an aromatic ring is 1. The van der Waals surface area contributed by atoms with Crippen LogP contribution in [0.1, 0.15) is 10.5 Å². The molecule has 0 fully saturated rings. The lowest BCUT2D eigenvalue weighted by Crippen LogP contribution is -2.14. The highest BCUT2D eigenvalue weighted by atomic mass is 35.5. The number of carbonyl (C=O) groups is 1. The van der Waals surface area contributed by atoms with Crippen LogP contribution in [0.15, 0.2) is 24.4 Å². The maximum Gasteiger partial charge on any atom is 0.275 e. The summed E-state index contributed by atoms with van der Waals surface area (Å²) in [6.45, 7) is 0. The van der Waals surface area contributed by atoms with E-state index in [1.807, 2.05) is 0 Å². The highest BCUT2D eigenvalue weighted by molar-refractivity contribution is 6.36. The second-order valence-corrected chi connectivity index (χ2v) is 4.12. The Kier molecular flexibility index (Phi) is 3.21. The Hall–Kier alpha value is -1.72. The van der Waals surface area contributed by atoms with Crippen LogP contribution < -0.4 is 11.1 Å². The Bertz CT molecular complexity index is 567. The summed E-state index contributed by atoms with van der Waals surface area (Å²) in [5, 5.41) is 9.60. The van der Waals surface area contributed by atoms with Gasteiger partial charge < -0.3 is 11.1 Å². The number of benzene rings is 1. The van der Waals surface area contributed by atoms with Gasteiger partial charge in [0.1, 0.15) is 5.69 Å². The van der Waals surface area contributed by atoms with Crippen molar-refractivity contribution in [2.75, 3.05) is 11.1 Å². The van der Waals surface area contributed by atoms with Crippen LogP contribution in [0, 0.1) is 0 Å². The molecule has 0 bridgehead atoms. The van der Waals surface area contributed by atoms with Gasteiger partial charge in [0.15, 0.2) is 0 Å². The van der Waals surface area contributed by atoms with E-state index in [4.69, 9.17) is 28.9 Å². The van der Waals surface area contributed by atoms with E-state index in [2.05, 4.69) is 15.5 Å². The summed E-state index contributed by atoms with van der Waals surface area (Å²) in [4.78, 5) is 11.8. The van der Waals surface area contributed by atoms with Crippen molar-refractivity contribution in [3.05, 3.63) is 40.1 Å². The second kappa shape index (κ2) is 4.65. The van der Waals surface area contributed by atoms with Gasteiger partial charge in [0.2, 0.25) is 0 Å². The van der Waals surface area contributed by atoms with Gasteiger partial charge in [-0.15, -0.1) is 0 Å². The number of anilines is 2. The van der Waals surface area contributed by atoms with E-state index in [0.717, 1.165) is 0 Å². The van der Waals surface area contributed by atoms with E-state index in [-0.39, 0.29) is 11.4 Å². The summed E-state index contributed by atoms with van der Waals surface area (Å²) in [6, 6.07) is 4.77. The Morgan fingerprint density at radius 1 is 1.41 bits per heavy atom. The molecule has 1 aromatic carbocycles. The molecule has 0 unspecified atom stereocenters. The molecule has 1 heterocycles. The average molecular weight is 271 g/mol. The van der Waals surface area contributed by atoms with Gasteiger partial charge >= 0.3 is 0 Å². The van der Waals surface area contributed by atoms with Gasteiger partial charge in [-0.2, -0.15) is 5.10 Å². The van der Waals surface area contributed by atoms with Crippen molar-refractivity contribution in [3.63, 3.8) is 0 Å². The molecule has 88 valence electrons. The third kappa shape index (κ3) is 2.51. The van der Waals surface area contributed by atoms with E-state index in [9.17, 15) is 4.79 Å². The molecule has 2 aromatic rings. The summed E-state index contributed by atoms with van der Waals surface area (Å²) < 4.78 is 0. The average Bonchev–Trinajstić information content (AvgIpc) is 2.68. The summed E-state index contributed by atoms with van der Waals surface area (Å²) in [6.07, 6.45) is 1.36. The fourth-order valence-corrected chi connectivity index (χ4v) is 1.71. The van der Waals surface area contributed by atoms with Gasteiger partial charge in [0.25, 0.3) is 5.91 Å². The predicted molar refractivity (Wildman–Crippen MR) is 67.4 cm³/mol. The van der Waals surface area contributed by atoms with Crippen LogP contribution in [0.25, 0.3) is 0 Å². The number of rotatable bonds is 2. The smallest absolute Gasteiger partial charge is 0.275 e. The molecular weight excluding hydrogens is 263 g/mol. The molecule has 0 radical (unpaired) electrons. The first kappa shape index (κ1) is 11.8. The van der Waals surface area contributed by atoms with Gasteiger partial charge in [-0.1, -0.05) is 23.2 Å². The highest BCUT2D eigenvalue weighted by Crippen LogP contribution is 2.25. The van der Waals surface area contributed by atoms with E-state index >= 15 is 0 Å². The maximum atomic E-state index is 11.8. The van der Waals surface area contributed by atoms with E-state index in [1.165, 1.54) is 12.3 Å². The first-order chi connectivity index (χ1) is 8.08. The van der Waals surface area contributed by atoms with Crippen molar-refractivity contribution in [3.8, 4) is 0 Å². The van der Waals surface area contributed by atoms with E-state index in [0.29, 0.717) is 15.7 Å². The quantitative estimate of drug-likeness (QED) is 0.784. The minimum Gasteiger partial charge on any atom is -0.396 e. The number of hydrogen-bond donors (Lipinski definition) is 3. The minimum atomic E-state index is -0.413. The molecule has 1 amide bonds. The molecule has 2 rings (SSSR count).